The highest BCUT2D eigenvalue weighted by molar-refractivity contribution is 6.28. The van der Waals surface area contributed by atoms with E-state index in [-0.39, 0.29) is 11.4 Å². The number of allylic oxidation sites excluding steroid dienone is 2. The molecule has 0 aliphatic rings. The van der Waals surface area contributed by atoms with Gasteiger partial charge in [-0.25, -0.2) is 0 Å². The fourth-order valence-corrected chi connectivity index (χ4v) is 1.49. The first-order valence-corrected chi connectivity index (χ1v) is 5.06. The van der Waals surface area contributed by atoms with Crippen molar-refractivity contribution in [1.29, 1.82) is 5.26 Å². The zero-order valence-electron chi connectivity index (χ0n) is 8.96. The standard InChI is InChI=1S/C14H9NO2/c15-9-8-12(13-7-4-10-17-13)14(16)11-5-2-1-3-6-11/h1-8,10H/b12-8+. The van der Waals surface area contributed by atoms with Crippen molar-refractivity contribution in [3.8, 4) is 6.07 Å². The maximum Gasteiger partial charge on any atom is 0.197 e. The number of hydrogen-bond donors (Lipinski definition) is 0. The summed E-state index contributed by atoms with van der Waals surface area (Å²) in [4.78, 5) is 12.2. The van der Waals surface area contributed by atoms with Crippen molar-refractivity contribution in [2.75, 3.05) is 0 Å². The van der Waals surface area contributed by atoms with Gasteiger partial charge in [0.1, 0.15) is 5.76 Å². The van der Waals surface area contributed by atoms with Crippen molar-refractivity contribution >= 4 is 11.4 Å². The minimum absolute atomic E-state index is 0.220. The quantitative estimate of drug-likeness (QED) is 0.456. The van der Waals surface area contributed by atoms with E-state index in [0.717, 1.165) is 0 Å². The number of ketones is 1. The van der Waals surface area contributed by atoms with Crippen LogP contribution in [0.2, 0.25) is 0 Å². The highest BCUT2D eigenvalue weighted by Gasteiger charge is 2.16. The first kappa shape index (κ1) is 10.9. The number of hydrogen-bond acceptors (Lipinski definition) is 3. The topological polar surface area (TPSA) is 54.0 Å². The molecule has 82 valence electrons. The third-order valence-electron chi connectivity index (χ3n) is 2.28. The lowest BCUT2D eigenvalue weighted by Crippen LogP contribution is -2.01. The van der Waals surface area contributed by atoms with Gasteiger partial charge in [-0.2, -0.15) is 5.26 Å². The van der Waals surface area contributed by atoms with Crippen LogP contribution < -0.4 is 0 Å². The third kappa shape index (κ3) is 2.32. The Morgan fingerprint density at radius 1 is 1.18 bits per heavy atom. The van der Waals surface area contributed by atoms with E-state index in [0.29, 0.717) is 11.3 Å². The maximum atomic E-state index is 12.2. The summed E-state index contributed by atoms with van der Waals surface area (Å²) in [5, 5.41) is 8.71. The smallest absolute Gasteiger partial charge is 0.197 e. The van der Waals surface area contributed by atoms with Gasteiger partial charge >= 0.3 is 0 Å². The minimum atomic E-state index is -0.220. The molecule has 0 amide bonds. The molecule has 3 heteroatoms. The molecule has 2 aromatic rings. The van der Waals surface area contributed by atoms with E-state index in [1.165, 1.54) is 12.3 Å². The molecule has 1 aromatic carbocycles. The molecule has 17 heavy (non-hydrogen) atoms. The molecule has 0 N–H and O–H groups in total. The number of furan rings is 1. The fraction of sp³-hybridized carbons (Fsp3) is 0. The number of benzene rings is 1. The van der Waals surface area contributed by atoms with E-state index in [2.05, 4.69) is 0 Å². The molecule has 0 saturated heterocycles. The highest BCUT2D eigenvalue weighted by Crippen LogP contribution is 2.19. The lowest BCUT2D eigenvalue weighted by Gasteiger charge is -2.01. The summed E-state index contributed by atoms with van der Waals surface area (Å²) in [7, 11) is 0. The summed E-state index contributed by atoms with van der Waals surface area (Å²) in [6.45, 7) is 0. The van der Waals surface area contributed by atoms with E-state index >= 15 is 0 Å². The van der Waals surface area contributed by atoms with Gasteiger partial charge < -0.3 is 4.42 Å². The number of rotatable bonds is 3. The summed E-state index contributed by atoms with van der Waals surface area (Å²) < 4.78 is 5.15. The van der Waals surface area contributed by atoms with Crippen LogP contribution in [0.15, 0.2) is 59.2 Å². The largest absolute Gasteiger partial charge is 0.464 e. The van der Waals surface area contributed by atoms with Crippen molar-refractivity contribution < 1.29 is 9.21 Å². The SMILES string of the molecule is N#C/C=C(/C(=O)c1ccccc1)c1ccco1. The molecule has 3 nitrogen and oxygen atoms in total. The molecule has 0 atom stereocenters. The van der Waals surface area contributed by atoms with Crippen LogP contribution in [-0.2, 0) is 0 Å². The van der Waals surface area contributed by atoms with Gasteiger partial charge in [0.2, 0.25) is 0 Å². The summed E-state index contributed by atoms with van der Waals surface area (Å²) in [5.41, 5.74) is 0.800. The van der Waals surface area contributed by atoms with E-state index in [1.807, 2.05) is 12.1 Å². The number of nitriles is 1. The Morgan fingerprint density at radius 2 is 1.94 bits per heavy atom. The summed E-state index contributed by atoms with van der Waals surface area (Å²) in [6, 6.07) is 14.0. The van der Waals surface area contributed by atoms with Gasteiger partial charge in [0.25, 0.3) is 0 Å². The molecule has 0 aliphatic heterocycles. The van der Waals surface area contributed by atoms with E-state index in [4.69, 9.17) is 9.68 Å². The molecule has 0 fully saturated rings. The van der Waals surface area contributed by atoms with Crippen LogP contribution in [0, 0.1) is 11.3 Å². The maximum absolute atomic E-state index is 12.2. The molecule has 2 rings (SSSR count). The molecule has 0 radical (unpaired) electrons. The van der Waals surface area contributed by atoms with Crippen LogP contribution in [0.25, 0.3) is 5.57 Å². The van der Waals surface area contributed by atoms with Gasteiger partial charge in [0.15, 0.2) is 5.78 Å². The van der Waals surface area contributed by atoms with Crippen LogP contribution in [0.4, 0.5) is 0 Å². The summed E-state index contributed by atoms with van der Waals surface area (Å²) >= 11 is 0. The predicted octanol–water partition coefficient (Wildman–Crippen LogP) is 3.07. The second-order valence-electron chi connectivity index (χ2n) is 3.36. The van der Waals surface area contributed by atoms with Gasteiger partial charge in [-0.15, -0.1) is 0 Å². The van der Waals surface area contributed by atoms with Crippen LogP contribution in [0.5, 0.6) is 0 Å². The Bertz CT molecular complexity index is 574. The second-order valence-corrected chi connectivity index (χ2v) is 3.36. The Morgan fingerprint density at radius 3 is 2.53 bits per heavy atom. The number of carbonyl (C=O) groups excluding carboxylic acids is 1. The second kappa shape index (κ2) is 4.95. The lowest BCUT2D eigenvalue weighted by atomic mass is 10.0. The number of nitrogens with zero attached hydrogens (tertiary/aromatic N) is 1. The van der Waals surface area contributed by atoms with Gasteiger partial charge in [-0.1, -0.05) is 30.3 Å². The average Bonchev–Trinajstić information content (AvgIpc) is 2.90. The molecule has 0 spiro atoms. The van der Waals surface area contributed by atoms with Crippen LogP contribution >= 0.6 is 0 Å². The van der Waals surface area contributed by atoms with Gasteiger partial charge in [0, 0.05) is 11.6 Å². The Kier molecular flexibility index (Phi) is 3.18. The molecular weight excluding hydrogens is 214 g/mol. The minimum Gasteiger partial charge on any atom is -0.464 e. The van der Waals surface area contributed by atoms with Crippen molar-refractivity contribution in [3.05, 3.63) is 66.1 Å². The van der Waals surface area contributed by atoms with Gasteiger partial charge in [-0.3, -0.25) is 4.79 Å². The third-order valence-corrected chi connectivity index (χ3v) is 2.28. The molecule has 1 heterocycles. The van der Waals surface area contributed by atoms with Crippen molar-refractivity contribution in [3.63, 3.8) is 0 Å². The zero-order valence-corrected chi connectivity index (χ0v) is 8.96. The summed E-state index contributed by atoms with van der Waals surface area (Å²) in [6.07, 6.45) is 2.67. The van der Waals surface area contributed by atoms with E-state index in [1.54, 1.807) is 36.4 Å². The Labute approximate surface area is 98.6 Å². The van der Waals surface area contributed by atoms with Crippen LogP contribution in [0.3, 0.4) is 0 Å². The lowest BCUT2D eigenvalue weighted by molar-refractivity contribution is 0.105. The molecule has 0 unspecified atom stereocenters. The molecule has 0 bridgehead atoms. The number of Topliss-reactive ketones (excluding diaryl/α,β-unsaturated/α-hetero) is 1. The van der Waals surface area contributed by atoms with Crippen LogP contribution in [-0.4, -0.2) is 5.78 Å². The summed E-state index contributed by atoms with van der Waals surface area (Å²) in [5.74, 6) is 0.183. The number of carbonyl (C=O) groups is 1. The average molecular weight is 223 g/mol. The molecular formula is C14H9NO2. The monoisotopic (exact) mass is 223 g/mol. The first-order valence-electron chi connectivity index (χ1n) is 5.06. The highest BCUT2D eigenvalue weighted by atomic mass is 16.3. The fourth-order valence-electron chi connectivity index (χ4n) is 1.49. The van der Waals surface area contributed by atoms with E-state index < -0.39 is 0 Å². The molecule has 0 saturated carbocycles. The van der Waals surface area contributed by atoms with Crippen LogP contribution in [0.1, 0.15) is 16.1 Å². The van der Waals surface area contributed by atoms with Crippen molar-refractivity contribution in [2.45, 2.75) is 0 Å². The Hall–Kier alpha value is -2.60. The van der Waals surface area contributed by atoms with Gasteiger partial charge in [0.05, 0.1) is 17.9 Å². The van der Waals surface area contributed by atoms with Crippen molar-refractivity contribution in [2.24, 2.45) is 0 Å². The normalized spacial score (nSPS) is 10.9. The van der Waals surface area contributed by atoms with Gasteiger partial charge in [-0.05, 0) is 12.1 Å². The predicted molar refractivity (Wildman–Crippen MR) is 63.1 cm³/mol. The molecule has 0 aliphatic carbocycles. The van der Waals surface area contributed by atoms with E-state index in [9.17, 15) is 4.79 Å². The molecule has 1 aromatic heterocycles. The zero-order chi connectivity index (χ0) is 12.1. The Balaban J connectivity index is 2.41. The first-order chi connectivity index (χ1) is 8.33. The van der Waals surface area contributed by atoms with Crippen molar-refractivity contribution in [1.82, 2.24) is 0 Å².